The van der Waals surface area contributed by atoms with Crippen LogP contribution in [0.4, 0.5) is 0 Å². The number of benzene rings is 3. The van der Waals surface area contributed by atoms with Gasteiger partial charge in [-0.2, -0.15) is 5.26 Å². The SMILES string of the molecule is Cc1ncsc1-c1ccc([C@H](C)NC(=O)[C@@H]2C[C@@H](O)CN2C(=O)[C@@H](NC(=O)CCCCCCCCCc2ccc(C(=O)N[C@H]3C(C)(C)[C@H](Oc4ccc(C#N)c(Cl)c4)C3(C)C)cc2)C(C)(C)C)cc1. The standard InChI is InChI=1S/C55H71ClN6O6S/c1-34(37-23-25-38(26-24-37)46-35(2)58-33-69-46)59-49(66)44-29-41(63)32-62(44)50(67)47(53(3,4)5)60-45(64)18-16-14-12-10-11-13-15-17-36-19-21-39(22-20-36)48(65)61-51-54(6,7)52(55(51,8)9)68-42-28-27-40(31-57)43(56)30-42/h19-28,30,33-34,41,44,47,51-52,63H,10-18,29,32H2,1-9H3,(H,59,66)(H,60,64)(H,61,65)/t34-,41+,44-,47+,51-,52-/m0/s1. The van der Waals surface area contributed by atoms with Crippen molar-refractivity contribution in [3.63, 3.8) is 0 Å². The first-order chi connectivity index (χ1) is 32.6. The van der Waals surface area contributed by atoms with E-state index in [-0.39, 0.29) is 65.6 Å². The van der Waals surface area contributed by atoms with Crippen LogP contribution in [0.2, 0.25) is 5.02 Å². The maximum Gasteiger partial charge on any atom is 0.251 e. The Hall–Kier alpha value is -5.29. The van der Waals surface area contributed by atoms with E-state index in [0.29, 0.717) is 34.7 Å². The molecule has 1 saturated heterocycles. The molecular formula is C55H71ClN6O6S. The summed E-state index contributed by atoms with van der Waals surface area (Å²) in [4.78, 5) is 61.3. The highest BCUT2D eigenvalue weighted by Gasteiger charge is 2.64. The van der Waals surface area contributed by atoms with E-state index in [4.69, 9.17) is 16.3 Å². The number of amides is 4. The molecule has 1 aliphatic heterocycles. The predicted molar refractivity (Wildman–Crippen MR) is 273 cm³/mol. The topological polar surface area (TPSA) is 174 Å². The lowest BCUT2D eigenvalue weighted by atomic mass is 9.49. The van der Waals surface area contributed by atoms with Crippen molar-refractivity contribution in [2.45, 2.75) is 163 Å². The van der Waals surface area contributed by atoms with Crippen molar-refractivity contribution >= 4 is 46.6 Å². The summed E-state index contributed by atoms with van der Waals surface area (Å²) < 4.78 is 6.37. The van der Waals surface area contributed by atoms with Crippen LogP contribution in [-0.2, 0) is 20.8 Å². The van der Waals surface area contributed by atoms with Gasteiger partial charge in [0.15, 0.2) is 0 Å². The molecule has 2 heterocycles. The van der Waals surface area contributed by atoms with Crippen LogP contribution in [0, 0.1) is 34.5 Å². The molecule has 12 nitrogen and oxygen atoms in total. The van der Waals surface area contributed by atoms with Gasteiger partial charge in [0, 0.05) is 47.9 Å². The van der Waals surface area contributed by atoms with E-state index in [1.165, 1.54) is 10.5 Å². The first kappa shape index (κ1) is 53.1. The molecule has 0 bridgehead atoms. The number of aliphatic hydroxyl groups excluding tert-OH is 1. The molecule has 0 radical (unpaired) electrons. The fourth-order valence-electron chi connectivity index (χ4n) is 10.4. The van der Waals surface area contributed by atoms with E-state index < -0.39 is 23.6 Å². The summed E-state index contributed by atoms with van der Waals surface area (Å²) >= 11 is 7.83. The summed E-state index contributed by atoms with van der Waals surface area (Å²) in [6, 6.07) is 20.8. The number of nitrogens with one attached hydrogen (secondary N) is 3. The Bertz CT molecular complexity index is 2460. The van der Waals surface area contributed by atoms with Gasteiger partial charge >= 0.3 is 0 Å². The average molecular weight is 980 g/mol. The molecular weight excluding hydrogens is 908 g/mol. The number of nitriles is 1. The van der Waals surface area contributed by atoms with Crippen molar-refractivity contribution in [2.75, 3.05) is 6.54 Å². The molecule has 4 N–H and O–H groups in total. The van der Waals surface area contributed by atoms with E-state index in [2.05, 4.69) is 54.7 Å². The van der Waals surface area contributed by atoms with E-state index >= 15 is 0 Å². The molecule has 1 saturated carbocycles. The van der Waals surface area contributed by atoms with E-state index in [1.807, 2.05) is 88.7 Å². The number of β-amino-alcohol motifs (C(OH)–C–C–N with tert-alkyl or cyclic N) is 1. The molecule has 4 amide bonds. The van der Waals surface area contributed by atoms with Gasteiger partial charge in [-0.15, -0.1) is 11.3 Å². The van der Waals surface area contributed by atoms with Gasteiger partial charge in [0.25, 0.3) is 5.91 Å². The van der Waals surface area contributed by atoms with Crippen LogP contribution in [0.3, 0.4) is 0 Å². The second-order valence-electron chi connectivity index (χ2n) is 21.4. The van der Waals surface area contributed by atoms with E-state index in [0.717, 1.165) is 66.6 Å². The Morgan fingerprint density at radius 3 is 2.16 bits per heavy atom. The van der Waals surface area contributed by atoms with Gasteiger partial charge in [-0.1, -0.05) is 129 Å². The van der Waals surface area contributed by atoms with Crippen molar-refractivity contribution in [1.29, 1.82) is 5.26 Å². The molecule has 1 aromatic heterocycles. The summed E-state index contributed by atoms with van der Waals surface area (Å²) in [6.07, 6.45) is 7.28. The maximum absolute atomic E-state index is 14.1. The summed E-state index contributed by atoms with van der Waals surface area (Å²) in [6.45, 7) is 18.0. The predicted octanol–water partition coefficient (Wildman–Crippen LogP) is 10.3. The highest BCUT2D eigenvalue weighted by molar-refractivity contribution is 7.13. The number of hydrogen-bond donors (Lipinski definition) is 4. The van der Waals surface area contributed by atoms with Crippen molar-refractivity contribution in [3.8, 4) is 22.3 Å². The highest BCUT2D eigenvalue weighted by Crippen LogP contribution is 2.55. The average Bonchev–Trinajstić information content (AvgIpc) is 3.93. The van der Waals surface area contributed by atoms with Crippen LogP contribution in [-0.4, -0.2) is 75.5 Å². The van der Waals surface area contributed by atoms with Crippen molar-refractivity contribution in [2.24, 2.45) is 16.2 Å². The molecule has 2 aliphatic rings. The highest BCUT2D eigenvalue weighted by atomic mass is 35.5. The zero-order valence-electron chi connectivity index (χ0n) is 41.8. The molecule has 370 valence electrons. The summed E-state index contributed by atoms with van der Waals surface area (Å²) in [5, 5.41) is 29.5. The third kappa shape index (κ3) is 12.9. The van der Waals surface area contributed by atoms with E-state index in [1.54, 1.807) is 29.5 Å². The number of aliphatic hydroxyl groups is 1. The van der Waals surface area contributed by atoms with Gasteiger partial charge < -0.3 is 30.7 Å². The Morgan fingerprint density at radius 1 is 0.928 bits per heavy atom. The maximum atomic E-state index is 14.1. The number of likely N-dealkylation sites (tertiary alicyclic amines) is 1. The second kappa shape index (κ2) is 22.6. The Labute approximate surface area is 418 Å². The zero-order chi connectivity index (χ0) is 50.3. The third-order valence-corrected chi connectivity index (χ3v) is 15.4. The van der Waals surface area contributed by atoms with Crippen molar-refractivity contribution < 1.29 is 29.0 Å². The minimum absolute atomic E-state index is 0.0266. The number of unbranched alkanes of at least 4 members (excludes halogenated alkanes) is 6. The lowest BCUT2D eigenvalue weighted by Crippen LogP contribution is -2.74. The molecule has 69 heavy (non-hydrogen) atoms. The summed E-state index contributed by atoms with van der Waals surface area (Å²) in [5.41, 5.74) is 5.66. The molecule has 4 aromatic rings. The van der Waals surface area contributed by atoms with Gasteiger partial charge in [0.05, 0.1) is 38.8 Å². The Kier molecular flexibility index (Phi) is 17.4. The summed E-state index contributed by atoms with van der Waals surface area (Å²) in [5.74, 6) is -0.411. The summed E-state index contributed by atoms with van der Waals surface area (Å²) in [7, 11) is 0. The molecule has 6 rings (SSSR count). The Balaban J connectivity index is 0.870. The molecule has 1 aliphatic carbocycles. The van der Waals surface area contributed by atoms with E-state index in [9.17, 15) is 29.5 Å². The first-order valence-corrected chi connectivity index (χ1v) is 25.7. The Morgan fingerprint density at radius 2 is 1.57 bits per heavy atom. The van der Waals surface area contributed by atoms with Crippen LogP contribution >= 0.6 is 22.9 Å². The lowest BCUT2D eigenvalue weighted by molar-refractivity contribution is -0.164. The van der Waals surface area contributed by atoms with Crippen LogP contribution in [0.1, 0.15) is 152 Å². The van der Waals surface area contributed by atoms with Crippen molar-refractivity contribution in [3.05, 3.63) is 105 Å². The fourth-order valence-corrected chi connectivity index (χ4v) is 11.4. The largest absolute Gasteiger partial charge is 0.489 e. The molecule has 4 atom stereocenters. The number of rotatable bonds is 20. The molecule has 14 heteroatoms. The minimum atomic E-state index is -0.858. The van der Waals surface area contributed by atoms with Gasteiger partial charge in [-0.3, -0.25) is 19.2 Å². The van der Waals surface area contributed by atoms with Crippen molar-refractivity contribution in [1.82, 2.24) is 25.8 Å². The van der Waals surface area contributed by atoms with Crippen LogP contribution in [0.5, 0.6) is 5.75 Å². The van der Waals surface area contributed by atoms with Gasteiger partial charge in [0.2, 0.25) is 17.7 Å². The third-order valence-electron chi connectivity index (χ3n) is 14.1. The lowest BCUT2D eigenvalue weighted by Gasteiger charge is -2.63. The normalized spacial score (nSPS) is 20.2. The quantitative estimate of drug-likeness (QED) is 0.0633. The van der Waals surface area contributed by atoms with Gasteiger partial charge in [0.1, 0.15) is 30.0 Å². The minimum Gasteiger partial charge on any atom is -0.489 e. The molecule has 2 fully saturated rings. The van der Waals surface area contributed by atoms with Gasteiger partial charge in [-0.05, 0) is 79.5 Å². The number of thiazole rings is 1. The molecule has 3 aromatic carbocycles. The number of nitrogens with zero attached hydrogens (tertiary/aromatic N) is 3. The smallest absolute Gasteiger partial charge is 0.251 e. The number of halogens is 1. The second-order valence-corrected chi connectivity index (χ2v) is 22.6. The van der Waals surface area contributed by atoms with Crippen LogP contribution < -0.4 is 20.7 Å². The number of carbonyl (C=O) groups excluding carboxylic acids is 4. The number of aryl methyl sites for hydroxylation is 2. The van der Waals surface area contributed by atoms with Crippen LogP contribution in [0.15, 0.2) is 72.2 Å². The number of aromatic nitrogens is 1. The molecule has 0 unspecified atom stereocenters. The number of hydrogen-bond acceptors (Lipinski definition) is 9. The fraction of sp³-hybridized carbons (Fsp3) is 0.527. The molecule has 0 spiro atoms. The number of ether oxygens (including phenoxy) is 1. The zero-order valence-corrected chi connectivity index (χ0v) is 43.4. The van der Waals surface area contributed by atoms with Crippen LogP contribution in [0.25, 0.3) is 10.4 Å². The van der Waals surface area contributed by atoms with Gasteiger partial charge in [-0.25, -0.2) is 4.98 Å². The first-order valence-electron chi connectivity index (χ1n) is 24.5. The monoisotopic (exact) mass is 978 g/mol. The number of carbonyl (C=O) groups is 4.